The maximum Gasteiger partial charge on any atom is 0.254 e. The Kier molecular flexibility index (Phi) is 4.81. The van der Waals surface area contributed by atoms with E-state index in [2.05, 4.69) is 20.8 Å². The molecule has 3 heteroatoms. The lowest BCUT2D eigenvalue weighted by atomic mass is 10.1. The van der Waals surface area contributed by atoms with Crippen molar-refractivity contribution in [3.05, 3.63) is 35.4 Å². The van der Waals surface area contributed by atoms with Crippen LogP contribution in [0.3, 0.4) is 0 Å². The number of carbonyl (C=O) groups is 1. The number of amides is 1. The predicted octanol–water partition coefficient (Wildman–Crippen LogP) is 3.77. The second-order valence-electron chi connectivity index (χ2n) is 4.94. The lowest BCUT2D eigenvalue weighted by Crippen LogP contribution is -2.40. The van der Waals surface area contributed by atoms with Crippen molar-refractivity contribution >= 4 is 21.8 Å². The Morgan fingerprint density at radius 3 is 2.61 bits per heavy atom. The van der Waals surface area contributed by atoms with E-state index in [0.717, 1.165) is 35.8 Å². The molecule has 0 radical (unpaired) electrons. The third kappa shape index (κ3) is 2.94. The van der Waals surface area contributed by atoms with Crippen LogP contribution in [-0.4, -0.2) is 28.7 Å². The second kappa shape index (κ2) is 6.37. The first-order valence-corrected chi connectivity index (χ1v) is 7.78. The molecule has 98 valence electrons. The highest BCUT2D eigenvalue weighted by molar-refractivity contribution is 9.09. The van der Waals surface area contributed by atoms with E-state index in [0.29, 0.717) is 6.04 Å². The summed E-state index contributed by atoms with van der Waals surface area (Å²) in [5.74, 6) is 0.194. The average Bonchev–Trinajstić information content (AvgIpc) is 2.89. The Hall–Kier alpha value is -0.830. The fourth-order valence-electron chi connectivity index (χ4n) is 2.72. The Morgan fingerprint density at radius 1 is 1.33 bits per heavy atom. The number of halogens is 1. The third-order valence-electron chi connectivity index (χ3n) is 3.73. The molecule has 1 saturated carbocycles. The Balaban J connectivity index is 2.20. The summed E-state index contributed by atoms with van der Waals surface area (Å²) in [6.45, 7) is 2.81. The highest BCUT2D eigenvalue weighted by Gasteiger charge is 2.27. The van der Waals surface area contributed by atoms with Crippen LogP contribution in [0.5, 0.6) is 0 Å². The predicted molar refractivity (Wildman–Crippen MR) is 78.3 cm³/mol. The molecule has 0 heterocycles. The number of hydrogen-bond acceptors (Lipinski definition) is 1. The van der Waals surface area contributed by atoms with Gasteiger partial charge in [-0.15, -0.1) is 0 Å². The van der Waals surface area contributed by atoms with Crippen molar-refractivity contribution in [1.29, 1.82) is 0 Å². The van der Waals surface area contributed by atoms with E-state index in [1.807, 2.05) is 31.2 Å². The van der Waals surface area contributed by atoms with Crippen LogP contribution in [0.2, 0.25) is 0 Å². The van der Waals surface area contributed by atoms with Crippen LogP contribution < -0.4 is 0 Å². The maximum absolute atomic E-state index is 12.6. The molecular formula is C15H20BrNO. The normalized spacial score (nSPS) is 15.9. The average molecular weight is 310 g/mol. The van der Waals surface area contributed by atoms with E-state index in [1.165, 1.54) is 12.8 Å². The van der Waals surface area contributed by atoms with Gasteiger partial charge in [-0.1, -0.05) is 47.0 Å². The largest absolute Gasteiger partial charge is 0.335 e. The van der Waals surface area contributed by atoms with Gasteiger partial charge in [0.05, 0.1) is 0 Å². The molecule has 0 spiro atoms. The summed E-state index contributed by atoms with van der Waals surface area (Å²) in [7, 11) is 0. The Morgan fingerprint density at radius 2 is 2.00 bits per heavy atom. The van der Waals surface area contributed by atoms with Crippen LogP contribution in [0.1, 0.15) is 41.6 Å². The fraction of sp³-hybridized carbons (Fsp3) is 0.533. The maximum atomic E-state index is 12.6. The molecule has 1 aliphatic carbocycles. The summed E-state index contributed by atoms with van der Waals surface area (Å²) < 4.78 is 0. The quantitative estimate of drug-likeness (QED) is 0.775. The van der Waals surface area contributed by atoms with E-state index in [-0.39, 0.29) is 5.91 Å². The highest BCUT2D eigenvalue weighted by atomic mass is 79.9. The van der Waals surface area contributed by atoms with Crippen molar-refractivity contribution in [1.82, 2.24) is 4.90 Å². The number of carbonyl (C=O) groups excluding carboxylic acids is 1. The van der Waals surface area contributed by atoms with Gasteiger partial charge in [-0.25, -0.2) is 0 Å². The summed E-state index contributed by atoms with van der Waals surface area (Å²) in [6.07, 6.45) is 4.82. The first-order chi connectivity index (χ1) is 8.74. The molecular weight excluding hydrogens is 290 g/mol. The SMILES string of the molecule is Cc1ccccc1C(=O)N(CCBr)C1CCCC1. The molecule has 0 unspecified atom stereocenters. The first kappa shape index (κ1) is 13.6. The first-order valence-electron chi connectivity index (χ1n) is 6.66. The van der Waals surface area contributed by atoms with E-state index >= 15 is 0 Å². The van der Waals surface area contributed by atoms with Crippen LogP contribution in [0.4, 0.5) is 0 Å². The molecule has 1 aromatic rings. The van der Waals surface area contributed by atoms with Crippen LogP contribution in [0.15, 0.2) is 24.3 Å². The highest BCUT2D eigenvalue weighted by Crippen LogP contribution is 2.25. The lowest BCUT2D eigenvalue weighted by molar-refractivity contribution is 0.0695. The van der Waals surface area contributed by atoms with Gasteiger partial charge < -0.3 is 4.90 Å². The van der Waals surface area contributed by atoms with E-state index < -0.39 is 0 Å². The zero-order chi connectivity index (χ0) is 13.0. The number of aryl methyl sites for hydroxylation is 1. The Bertz CT molecular complexity index is 413. The lowest BCUT2D eigenvalue weighted by Gasteiger charge is -2.29. The van der Waals surface area contributed by atoms with Crippen LogP contribution in [0, 0.1) is 6.92 Å². The van der Waals surface area contributed by atoms with Crippen molar-refractivity contribution in [2.45, 2.75) is 38.6 Å². The van der Waals surface area contributed by atoms with Crippen LogP contribution in [-0.2, 0) is 0 Å². The number of benzene rings is 1. The molecule has 0 N–H and O–H groups in total. The minimum absolute atomic E-state index is 0.194. The molecule has 0 saturated heterocycles. The standard InChI is InChI=1S/C15H20BrNO/c1-12-6-2-5-9-14(12)15(18)17(11-10-16)13-7-3-4-8-13/h2,5-6,9,13H,3-4,7-8,10-11H2,1H3. The zero-order valence-corrected chi connectivity index (χ0v) is 12.4. The molecule has 2 rings (SSSR count). The van der Waals surface area contributed by atoms with Gasteiger partial charge in [0.2, 0.25) is 0 Å². The van der Waals surface area contributed by atoms with E-state index in [1.54, 1.807) is 0 Å². The van der Waals surface area contributed by atoms with Gasteiger partial charge in [0.25, 0.3) is 5.91 Å². The molecule has 0 atom stereocenters. The summed E-state index contributed by atoms with van der Waals surface area (Å²) in [5.41, 5.74) is 1.92. The van der Waals surface area contributed by atoms with Gasteiger partial charge in [0, 0.05) is 23.5 Å². The van der Waals surface area contributed by atoms with Gasteiger partial charge in [0.1, 0.15) is 0 Å². The zero-order valence-electron chi connectivity index (χ0n) is 10.9. The molecule has 0 aliphatic heterocycles. The molecule has 1 amide bonds. The van der Waals surface area contributed by atoms with E-state index in [9.17, 15) is 4.79 Å². The third-order valence-corrected chi connectivity index (χ3v) is 4.08. The number of rotatable bonds is 4. The van der Waals surface area contributed by atoms with Crippen molar-refractivity contribution in [3.8, 4) is 0 Å². The van der Waals surface area contributed by atoms with Crippen LogP contribution in [0.25, 0.3) is 0 Å². The molecule has 2 nitrogen and oxygen atoms in total. The smallest absolute Gasteiger partial charge is 0.254 e. The number of nitrogens with zero attached hydrogens (tertiary/aromatic N) is 1. The van der Waals surface area contributed by atoms with Gasteiger partial charge >= 0.3 is 0 Å². The summed E-state index contributed by atoms with van der Waals surface area (Å²) >= 11 is 3.46. The molecule has 0 aromatic heterocycles. The number of alkyl halides is 1. The monoisotopic (exact) mass is 309 g/mol. The van der Waals surface area contributed by atoms with Crippen molar-refractivity contribution in [2.75, 3.05) is 11.9 Å². The van der Waals surface area contributed by atoms with Crippen LogP contribution >= 0.6 is 15.9 Å². The van der Waals surface area contributed by atoms with Gasteiger partial charge in [0.15, 0.2) is 0 Å². The molecule has 0 bridgehead atoms. The summed E-state index contributed by atoms with van der Waals surface area (Å²) in [6, 6.07) is 8.31. The second-order valence-corrected chi connectivity index (χ2v) is 5.73. The Labute approximate surface area is 117 Å². The summed E-state index contributed by atoms with van der Waals surface area (Å²) in [4.78, 5) is 14.7. The minimum atomic E-state index is 0.194. The molecule has 1 fully saturated rings. The minimum Gasteiger partial charge on any atom is -0.335 e. The molecule has 1 aromatic carbocycles. The van der Waals surface area contributed by atoms with Crippen molar-refractivity contribution in [2.24, 2.45) is 0 Å². The molecule has 18 heavy (non-hydrogen) atoms. The van der Waals surface area contributed by atoms with Gasteiger partial charge in [-0.3, -0.25) is 4.79 Å². The number of hydrogen-bond donors (Lipinski definition) is 0. The topological polar surface area (TPSA) is 20.3 Å². The van der Waals surface area contributed by atoms with Gasteiger partial charge in [-0.05, 0) is 31.4 Å². The van der Waals surface area contributed by atoms with Crippen molar-refractivity contribution < 1.29 is 4.79 Å². The van der Waals surface area contributed by atoms with Crippen molar-refractivity contribution in [3.63, 3.8) is 0 Å². The summed E-state index contributed by atoms with van der Waals surface area (Å²) in [5, 5.41) is 0.848. The fourth-order valence-corrected chi connectivity index (χ4v) is 3.11. The molecule has 1 aliphatic rings. The van der Waals surface area contributed by atoms with Gasteiger partial charge in [-0.2, -0.15) is 0 Å². The van der Waals surface area contributed by atoms with E-state index in [4.69, 9.17) is 0 Å².